The second-order valence-corrected chi connectivity index (χ2v) is 15.3. The molecule has 256 valence electrons. The van der Waals surface area contributed by atoms with Crippen molar-refractivity contribution in [2.75, 3.05) is 0 Å². The van der Waals surface area contributed by atoms with E-state index >= 15 is 0 Å². The molecule has 0 amide bonds. The second-order valence-electron chi connectivity index (χ2n) is 15.3. The van der Waals surface area contributed by atoms with Gasteiger partial charge in [-0.25, -0.2) is 9.13 Å². The summed E-state index contributed by atoms with van der Waals surface area (Å²) in [6.07, 6.45) is 14.0. The van der Waals surface area contributed by atoms with Crippen molar-refractivity contribution >= 4 is 11.3 Å². The van der Waals surface area contributed by atoms with Crippen LogP contribution >= 0.6 is 0 Å². The Bertz CT molecular complexity index is 2630. The standard InChI is InChI=1S/C50H44N3/c1-51-31-34-15-18-37-27-38-19-16-35-22-25-48(52(2)32-35)43-12-6-5-11-42(43)46(30-40-9-3-4-10-41(40)47(51)24-21-34)50-45-14-8-7-13-44(45)49-26-23-36(33-53(49)50)17-20-39(28-37)29-38/h3-14,21-29,31-33H,15-20,30H2,1-2H3/q+3/b50-46-. The SMILES string of the molecule is C[n+]1cc2ccc1-c1ccccc1C/C1=C3\c4ccccc4-c4ccc(c[n+]43)CCc3cc(cc(c3)CCc3ccc([n+](C)c3)-c3ccccc31)CC2. The molecule has 7 aromatic rings. The fourth-order valence-corrected chi connectivity index (χ4v) is 9.16. The summed E-state index contributed by atoms with van der Waals surface area (Å²) in [7, 11) is 4.43. The van der Waals surface area contributed by atoms with Crippen molar-refractivity contribution < 1.29 is 13.7 Å². The summed E-state index contributed by atoms with van der Waals surface area (Å²) in [5, 5.41) is 0. The number of benzene rings is 4. The number of aryl methyl sites for hydroxylation is 8. The van der Waals surface area contributed by atoms with Crippen LogP contribution in [0.2, 0.25) is 0 Å². The molecule has 4 aromatic carbocycles. The van der Waals surface area contributed by atoms with E-state index in [9.17, 15) is 0 Å². The quantitative estimate of drug-likeness (QED) is 0.142. The zero-order valence-electron chi connectivity index (χ0n) is 30.6. The molecule has 8 heterocycles. The zero-order chi connectivity index (χ0) is 35.5. The van der Waals surface area contributed by atoms with Crippen LogP contribution in [-0.2, 0) is 59.0 Å². The maximum absolute atomic E-state index is 2.52. The molecule has 12 rings (SSSR count). The Morgan fingerprint density at radius 1 is 0.377 bits per heavy atom. The van der Waals surface area contributed by atoms with Gasteiger partial charge < -0.3 is 0 Å². The van der Waals surface area contributed by atoms with E-state index in [4.69, 9.17) is 0 Å². The van der Waals surface area contributed by atoms with Crippen LogP contribution in [0.15, 0.2) is 146 Å². The summed E-state index contributed by atoms with van der Waals surface area (Å²) in [5.41, 5.74) is 22.5. The van der Waals surface area contributed by atoms with Crippen LogP contribution in [0.1, 0.15) is 50.1 Å². The van der Waals surface area contributed by atoms with Gasteiger partial charge in [0.15, 0.2) is 18.6 Å². The van der Waals surface area contributed by atoms with Crippen molar-refractivity contribution in [1.29, 1.82) is 0 Å². The van der Waals surface area contributed by atoms with Gasteiger partial charge in [0.25, 0.3) is 0 Å². The van der Waals surface area contributed by atoms with Crippen molar-refractivity contribution in [1.82, 2.24) is 0 Å². The highest BCUT2D eigenvalue weighted by Gasteiger charge is 2.36. The van der Waals surface area contributed by atoms with Gasteiger partial charge in [0, 0.05) is 52.4 Å². The van der Waals surface area contributed by atoms with Crippen molar-refractivity contribution in [2.24, 2.45) is 14.1 Å². The van der Waals surface area contributed by atoms with E-state index in [2.05, 4.69) is 174 Å². The largest absolute Gasteiger partial charge is 0.223 e. The first kappa shape index (κ1) is 31.8. The molecule has 3 aromatic heterocycles. The van der Waals surface area contributed by atoms with Crippen molar-refractivity contribution in [3.8, 4) is 33.8 Å². The number of aromatic nitrogens is 3. The fraction of sp³-hybridized carbons (Fsp3) is 0.180. The van der Waals surface area contributed by atoms with Gasteiger partial charge in [0.2, 0.25) is 22.8 Å². The first-order chi connectivity index (χ1) is 26.1. The highest BCUT2D eigenvalue weighted by Crippen LogP contribution is 2.41. The topological polar surface area (TPSA) is 11.6 Å². The van der Waals surface area contributed by atoms with Gasteiger partial charge in [-0.3, -0.25) is 0 Å². The molecule has 0 fully saturated rings. The summed E-state index contributed by atoms with van der Waals surface area (Å²) >= 11 is 0. The third kappa shape index (κ3) is 5.72. The predicted octanol–water partition coefficient (Wildman–Crippen LogP) is 8.58. The number of fused-ring (bicyclic) bond motifs is 8. The highest BCUT2D eigenvalue weighted by molar-refractivity contribution is 5.98. The average Bonchev–Trinajstić information content (AvgIpc) is 3.51. The average molecular weight is 687 g/mol. The molecule has 0 unspecified atom stereocenters. The Kier molecular flexibility index (Phi) is 7.75. The Morgan fingerprint density at radius 3 is 1.40 bits per heavy atom. The van der Waals surface area contributed by atoms with E-state index in [1.54, 1.807) is 0 Å². The van der Waals surface area contributed by atoms with E-state index in [-0.39, 0.29) is 0 Å². The predicted molar refractivity (Wildman–Crippen MR) is 213 cm³/mol. The van der Waals surface area contributed by atoms with Gasteiger partial charge in [-0.15, -0.1) is 0 Å². The first-order valence-electron chi connectivity index (χ1n) is 19.2. The molecule has 0 N–H and O–H groups in total. The number of hydrogen-bond acceptors (Lipinski definition) is 0. The van der Waals surface area contributed by atoms with Gasteiger partial charge in [0.05, 0.1) is 16.7 Å². The van der Waals surface area contributed by atoms with Crippen molar-refractivity contribution in [3.05, 3.63) is 196 Å². The minimum Gasteiger partial charge on any atom is -0.201 e. The Labute approximate surface area is 312 Å². The lowest BCUT2D eigenvalue weighted by atomic mass is 9.87. The smallest absolute Gasteiger partial charge is 0.201 e. The minimum atomic E-state index is 0.783. The number of hydrogen-bond donors (Lipinski definition) is 0. The molecular formula is C50H44N3+3. The number of rotatable bonds is 0. The summed E-state index contributed by atoms with van der Waals surface area (Å²) in [6, 6.07) is 48.7. The summed E-state index contributed by atoms with van der Waals surface area (Å²) in [6.45, 7) is 0. The molecule has 10 bridgehead atoms. The molecule has 0 saturated heterocycles. The molecule has 0 radical (unpaired) electrons. The van der Waals surface area contributed by atoms with Crippen molar-refractivity contribution in [3.63, 3.8) is 0 Å². The van der Waals surface area contributed by atoms with Gasteiger partial charge in [-0.2, -0.15) is 4.57 Å². The zero-order valence-corrected chi connectivity index (χ0v) is 30.6. The molecule has 0 saturated carbocycles. The molecule has 0 atom stereocenters. The summed E-state index contributed by atoms with van der Waals surface area (Å²) in [4.78, 5) is 0. The normalized spacial score (nSPS) is 15.7. The molecular weight excluding hydrogens is 643 g/mol. The van der Waals surface area contributed by atoms with E-state index < -0.39 is 0 Å². The third-order valence-corrected chi connectivity index (χ3v) is 11.8. The lowest BCUT2D eigenvalue weighted by Gasteiger charge is -2.16. The lowest BCUT2D eigenvalue weighted by molar-refractivity contribution is -0.661. The van der Waals surface area contributed by atoms with Gasteiger partial charge in [0.1, 0.15) is 14.1 Å². The summed E-state index contributed by atoms with van der Waals surface area (Å²) < 4.78 is 7.21. The first-order valence-corrected chi connectivity index (χ1v) is 19.2. The van der Waals surface area contributed by atoms with E-state index in [1.165, 1.54) is 95.1 Å². The van der Waals surface area contributed by atoms with E-state index in [0.717, 1.165) is 44.9 Å². The molecule has 0 aliphatic carbocycles. The van der Waals surface area contributed by atoms with Gasteiger partial charge in [-0.1, -0.05) is 66.7 Å². The van der Waals surface area contributed by atoms with E-state index in [1.807, 2.05) is 0 Å². The van der Waals surface area contributed by atoms with Crippen LogP contribution in [0.5, 0.6) is 0 Å². The maximum Gasteiger partial charge on any atom is 0.223 e. The Hall–Kier alpha value is -5.93. The Morgan fingerprint density at radius 2 is 0.811 bits per heavy atom. The monoisotopic (exact) mass is 686 g/mol. The number of nitrogens with zero attached hydrogens (tertiary/aromatic N) is 3. The molecule has 5 aliphatic rings. The third-order valence-electron chi connectivity index (χ3n) is 11.8. The van der Waals surface area contributed by atoms with E-state index in [0.29, 0.717) is 0 Å². The highest BCUT2D eigenvalue weighted by atomic mass is 15.0. The van der Waals surface area contributed by atoms with Gasteiger partial charge in [-0.05, 0) is 109 Å². The number of allylic oxidation sites excluding steroid dienone is 1. The van der Waals surface area contributed by atoms with Crippen LogP contribution in [-0.4, -0.2) is 0 Å². The van der Waals surface area contributed by atoms with Crippen LogP contribution in [0.4, 0.5) is 0 Å². The second kappa shape index (κ2) is 12.9. The molecule has 5 aliphatic heterocycles. The molecule has 0 spiro atoms. The van der Waals surface area contributed by atoms with Crippen LogP contribution in [0.3, 0.4) is 0 Å². The lowest BCUT2D eigenvalue weighted by Crippen LogP contribution is -2.33. The Balaban J connectivity index is 1.32. The van der Waals surface area contributed by atoms with Crippen LogP contribution in [0, 0.1) is 0 Å². The molecule has 3 heteroatoms. The van der Waals surface area contributed by atoms with Crippen LogP contribution in [0.25, 0.3) is 45.0 Å². The molecule has 53 heavy (non-hydrogen) atoms. The maximum atomic E-state index is 2.52. The van der Waals surface area contributed by atoms with Crippen LogP contribution < -0.4 is 13.7 Å². The van der Waals surface area contributed by atoms with Crippen molar-refractivity contribution in [2.45, 2.75) is 44.9 Å². The minimum absolute atomic E-state index is 0.783. The van der Waals surface area contributed by atoms with Gasteiger partial charge >= 0.3 is 0 Å². The summed E-state index contributed by atoms with van der Waals surface area (Å²) in [5.74, 6) is 0. The molecule has 3 nitrogen and oxygen atoms in total. The number of pyridine rings is 3. The fourth-order valence-electron chi connectivity index (χ4n) is 9.16.